The van der Waals surface area contributed by atoms with Crippen LogP contribution in [0.2, 0.25) is 0 Å². The first-order valence-electron chi connectivity index (χ1n) is 23.2. The molecule has 2 fully saturated rings. The molecule has 0 aliphatic carbocycles. The second kappa shape index (κ2) is 25.5. The highest BCUT2D eigenvalue weighted by Gasteiger charge is 2.60. The van der Waals surface area contributed by atoms with E-state index in [1.54, 1.807) is 24.3 Å². The molecule has 0 saturated carbocycles. The molecule has 13 heteroatoms. The van der Waals surface area contributed by atoms with Crippen LogP contribution in [-0.2, 0) is 87.0 Å². The summed E-state index contributed by atoms with van der Waals surface area (Å²) in [5.41, 5.74) is 5.00. The SMILES string of the molecule is CO[C@H]1O[C@H](COC2O[C@H](COCc3ccccc3)[C@@H](OCc3ccccc3)[C@H](OCc3ccccc3)[C@H]2C(F)(F)F)[C@@H](OCc2ccccc2)C(OCc2ccccc2)[C@H]1OCc1ccccc1. The van der Waals surface area contributed by atoms with Crippen molar-refractivity contribution in [2.75, 3.05) is 20.3 Å². The molecule has 2 aliphatic heterocycles. The van der Waals surface area contributed by atoms with E-state index in [2.05, 4.69) is 0 Å². The summed E-state index contributed by atoms with van der Waals surface area (Å²) in [6, 6.07) is 56.6. The Morgan fingerprint density at radius 2 is 0.681 bits per heavy atom. The highest BCUT2D eigenvalue weighted by Crippen LogP contribution is 2.43. The van der Waals surface area contributed by atoms with Crippen molar-refractivity contribution in [3.8, 4) is 0 Å². The van der Waals surface area contributed by atoms with Crippen LogP contribution in [-0.4, -0.2) is 81.8 Å². The van der Waals surface area contributed by atoms with Gasteiger partial charge in [-0.3, -0.25) is 0 Å². The lowest BCUT2D eigenvalue weighted by Gasteiger charge is -2.48. The van der Waals surface area contributed by atoms with Gasteiger partial charge in [0.15, 0.2) is 12.6 Å². The molecule has 8 rings (SSSR count). The molecule has 2 unspecified atom stereocenters. The standard InChI is InChI=1S/C56H59F3O10/c1-60-55-53(66-37-45-30-18-7-19-31-45)52(65-36-44-28-16-6-17-29-44)50(63-34-42-24-12-4-13-25-42)47(69-55)39-67-54-48(56(57,58)59)51(64-35-43-26-14-5-15-27-43)49(62-33-41-22-10-3-11-23-41)46(68-54)38-61-32-40-20-8-2-9-21-40/h2-31,46-55H,32-39H2,1H3/t46-,47-,48-,49-,50-,51-,52?,53-,54?,55+/m1/s1. The molecule has 0 N–H and O–H groups in total. The van der Waals surface area contributed by atoms with Gasteiger partial charge in [0, 0.05) is 7.11 Å². The third-order valence-corrected chi connectivity index (χ3v) is 12.1. The normalized spacial score (nSPS) is 25.0. The van der Waals surface area contributed by atoms with Crippen LogP contribution in [0.4, 0.5) is 13.2 Å². The fraction of sp³-hybridized carbons (Fsp3) is 0.357. The van der Waals surface area contributed by atoms with Gasteiger partial charge in [0.1, 0.15) is 48.6 Å². The van der Waals surface area contributed by atoms with Gasteiger partial charge in [-0.1, -0.05) is 182 Å². The smallest absolute Gasteiger partial charge is 0.374 e. The van der Waals surface area contributed by atoms with Crippen LogP contribution in [0.1, 0.15) is 33.4 Å². The summed E-state index contributed by atoms with van der Waals surface area (Å²) in [7, 11) is 1.48. The Morgan fingerprint density at radius 3 is 1.07 bits per heavy atom. The number of hydrogen-bond acceptors (Lipinski definition) is 10. The number of halogens is 3. The zero-order valence-corrected chi connectivity index (χ0v) is 38.5. The minimum atomic E-state index is -4.89. The monoisotopic (exact) mass is 948 g/mol. The molecule has 6 aromatic carbocycles. The van der Waals surface area contributed by atoms with E-state index in [9.17, 15) is 0 Å². The van der Waals surface area contributed by atoms with Crippen molar-refractivity contribution in [1.82, 2.24) is 0 Å². The third-order valence-electron chi connectivity index (χ3n) is 12.1. The van der Waals surface area contributed by atoms with E-state index in [1.165, 1.54) is 7.11 Å². The zero-order valence-electron chi connectivity index (χ0n) is 38.5. The fourth-order valence-electron chi connectivity index (χ4n) is 8.58. The molecular weight excluding hydrogens is 890 g/mol. The van der Waals surface area contributed by atoms with E-state index < -0.39 is 74.0 Å². The van der Waals surface area contributed by atoms with Gasteiger partial charge >= 0.3 is 6.18 Å². The van der Waals surface area contributed by atoms with Gasteiger partial charge in [-0.25, -0.2) is 0 Å². The highest BCUT2D eigenvalue weighted by molar-refractivity contribution is 5.18. The number of benzene rings is 6. The Morgan fingerprint density at radius 1 is 0.362 bits per heavy atom. The van der Waals surface area contributed by atoms with Crippen LogP contribution in [0.3, 0.4) is 0 Å². The molecule has 2 aliphatic rings. The van der Waals surface area contributed by atoms with Gasteiger partial charge < -0.3 is 47.4 Å². The molecule has 0 bridgehead atoms. The van der Waals surface area contributed by atoms with Crippen molar-refractivity contribution in [1.29, 1.82) is 0 Å². The van der Waals surface area contributed by atoms with Gasteiger partial charge in [0.2, 0.25) is 0 Å². The molecule has 0 aromatic heterocycles. The quantitative estimate of drug-likeness (QED) is 0.0618. The molecule has 0 amide bonds. The van der Waals surface area contributed by atoms with E-state index in [0.717, 1.165) is 27.8 Å². The van der Waals surface area contributed by atoms with Crippen molar-refractivity contribution in [2.45, 2.75) is 101 Å². The van der Waals surface area contributed by atoms with E-state index in [-0.39, 0.29) is 46.2 Å². The molecule has 2 heterocycles. The van der Waals surface area contributed by atoms with Crippen LogP contribution in [0.5, 0.6) is 0 Å². The van der Waals surface area contributed by atoms with E-state index >= 15 is 13.2 Å². The predicted molar refractivity (Wildman–Crippen MR) is 251 cm³/mol. The lowest BCUT2D eigenvalue weighted by Crippen LogP contribution is -2.64. The van der Waals surface area contributed by atoms with Crippen molar-refractivity contribution >= 4 is 0 Å². The molecule has 10 atom stereocenters. The zero-order chi connectivity index (χ0) is 47.7. The van der Waals surface area contributed by atoms with Crippen molar-refractivity contribution in [3.63, 3.8) is 0 Å². The average Bonchev–Trinajstić information content (AvgIpc) is 3.39. The Labute approximate surface area is 402 Å². The number of hydrogen-bond donors (Lipinski definition) is 0. The van der Waals surface area contributed by atoms with Gasteiger partial charge in [0.25, 0.3) is 0 Å². The predicted octanol–water partition coefficient (Wildman–Crippen LogP) is 10.4. The Bertz CT molecular complexity index is 2330. The molecule has 0 radical (unpaired) electrons. The van der Waals surface area contributed by atoms with Gasteiger partial charge in [-0.2, -0.15) is 13.2 Å². The van der Waals surface area contributed by atoms with Gasteiger partial charge in [-0.05, 0) is 33.4 Å². The fourth-order valence-corrected chi connectivity index (χ4v) is 8.58. The first kappa shape index (κ1) is 50.1. The minimum absolute atomic E-state index is 0.00200. The molecule has 69 heavy (non-hydrogen) atoms. The summed E-state index contributed by atoms with van der Waals surface area (Å²) in [6.07, 6.45) is -15.4. The van der Waals surface area contributed by atoms with Crippen molar-refractivity contribution < 1.29 is 60.5 Å². The van der Waals surface area contributed by atoms with E-state index in [0.29, 0.717) is 5.56 Å². The van der Waals surface area contributed by atoms with E-state index in [1.807, 2.05) is 158 Å². The van der Waals surface area contributed by atoms with Gasteiger partial charge in [-0.15, -0.1) is 0 Å². The summed E-state index contributed by atoms with van der Waals surface area (Å²) < 4.78 is 112. The maximum atomic E-state index is 15.9. The maximum Gasteiger partial charge on any atom is 0.399 e. The topological polar surface area (TPSA) is 92.3 Å². The summed E-state index contributed by atoms with van der Waals surface area (Å²) >= 11 is 0. The van der Waals surface area contributed by atoms with Crippen LogP contribution in [0, 0.1) is 5.92 Å². The number of methoxy groups -OCH3 is 1. The molecule has 10 nitrogen and oxygen atoms in total. The highest BCUT2D eigenvalue weighted by atomic mass is 19.4. The van der Waals surface area contributed by atoms with E-state index in [4.69, 9.17) is 47.4 Å². The average molecular weight is 949 g/mol. The lowest BCUT2D eigenvalue weighted by molar-refractivity contribution is -0.369. The molecule has 6 aromatic rings. The first-order valence-corrected chi connectivity index (χ1v) is 23.2. The van der Waals surface area contributed by atoms with Crippen LogP contribution in [0.15, 0.2) is 182 Å². The molecule has 364 valence electrons. The first-order chi connectivity index (χ1) is 33.8. The summed E-state index contributed by atoms with van der Waals surface area (Å²) in [5, 5.41) is 0. The largest absolute Gasteiger partial charge is 0.399 e. The Balaban J connectivity index is 1.11. The number of rotatable bonds is 23. The minimum Gasteiger partial charge on any atom is -0.374 e. The van der Waals surface area contributed by atoms with Crippen molar-refractivity contribution in [3.05, 3.63) is 215 Å². The number of ether oxygens (including phenoxy) is 10. The van der Waals surface area contributed by atoms with Crippen molar-refractivity contribution in [2.24, 2.45) is 5.92 Å². The molecule has 2 saturated heterocycles. The second-order valence-electron chi connectivity index (χ2n) is 17.0. The Hall–Kier alpha value is -5.29. The van der Waals surface area contributed by atoms with Crippen LogP contribution >= 0.6 is 0 Å². The maximum absolute atomic E-state index is 15.9. The summed E-state index contributed by atoms with van der Waals surface area (Å²) in [5.74, 6) is -2.31. The Kier molecular flexibility index (Phi) is 18.5. The summed E-state index contributed by atoms with van der Waals surface area (Å²) in [6.45, 7) is -0.0124. The van der Waals surface area contributed by atoms with Crippen LogP contribution < -0.4 is 0 Å². The number of alkyl halides is 3. The molecule has 0 spiro atoms. The second-order valence-corrected chi connectivity index (χ2v) is 17.0. The lowest BCUT2D eigenvalue weighted by atomic mass is 9.89. The summed E-state index contributed by atoms with van der Waals surface area (Å²) in [4.78, 5) is 0. The van der Waals surface area contributed by atoms with Gasteiger partial charge in [0.05, 0.1) is 52.9 Å². The van der Waals surface area contributed by atoms with Crippen LogP contribution in [0.25, 0.3) is 0 Å². The third kappa shape index (κ3) is 14.4. The molecular formula is C56H59F3O10.